The lowest BCUT2D eigenvalue weighted by Crippen LogP contribution is -2.26. The maximum Gasteiger partial charge on any atom is 0.255 e. The van der Waals surface area contributed by atoms with E-state index in [0.717, 1.165) is 11.1 Å². The average molecular weight is 342 g/mol. The minimum absolute atomic E-state index is 0.148. The molecule has 0 saturated heterocycles. The Morgan fingerprint density at radius 3 is 2.28 bits per heavy atom. The van der Waals surface area contributed by atoms with Crippen molar-refractivity contribution >= 4 is 11.8 Å². The van der Waals surface area contributed by atoms with Crippen molar-refractivity contribution in [2.75, 3.05) is 13.7 Å². The average Bonchev–Trinajstić information content (AvgIpc) is 2.61. The summed E-state index contributed by atoms with van der Waals surface area (Å²) >= 11 is 0. The molecular weight excluding hydrogens is 320 g/mol. The Bertz CT molecular complexity index is 711. The first-order valence-corrected chi connectivity index (χ1v) is 7.89. The van der Waals surface area contributed by atoms with Crippen LogP contribution in [0, 0.1) is 0 Å². The number of benzene rings is 2. The zero-order valence-electron chi connectivity index (χ0n) is 14.3. The Hall–Kier alpha value is -2.86. The number of hydrogen-bond donors (Lipinski definition) is 2. The Morgan fingerprint density at radius 2 is 1.72 bits per heavy atom. The molecule has 0 aromatic heterocycles. The van der Waals surface area contributed by atoms with Gasteiger partial charge in [0.1, 0.15) is 5.75 Å². The van der Waals surface area contributed by atoms with Gasteiger partial charge in [-0.2, -0.15) is 0 Å². The highest BCUT2D eigenvalue weighted by atomic mass is 16.5. The molecule has 25 heavy (non-hydrogen) atoms. The monoisotopic (exact) mass is 342 g/mol. The van der Waals surface area contributed by atoms with Gasteiger partial charge in [-0.1, -0.05) is 24.3 Å². The van der Waals surface area contributed by atoms with Gasteiger partial charge in [0.2, 0.25) is 0 Å². The molecule has 132 valence electrons. The van der Waals surface area contributed by atoms with Crippen molar-refractivity contribution in [1.29, 1.82) is 0 Å². The smallest absolute Gasteiger partial charge is 0.255 e. The minimum atomic E-state index is -0.527. The molecule has 0 aliphatic rings. The molecule has 1 atom stereocenters. The van der Waals surface area contributed by atoms with Crippen LogP contribution in [0.25, 0.3) is 0 Å². The quantitative estimate of drug-likeness (QED) is 0.769. The molecule has 6 nitrogen and oxygen atoms in total. The number of carbonyl (C=O) groups is 2. The van der Waals surface area contributed by atoms with Gasteiger partial charge in [0.25, 0.3) is 11.8 Å². The normalized spacial score (nSPS) is 11.6. The van der Waals surface area contributed by atoms with Gasteiger partial charge in [-0.3, -0.25) is 9.59 Å². The molecule has 2 aromatic rings. The molecule has 0 unspecified atom stereocenters. The zero-order chi connectivity index (χ0) is 18.2. The van der Waals surface area contributed by atoms with Gasteiger partial charge in [-0.25, -0.2) is 0 Å². The molecule has 0 spiro atoms. The molecule has 3 N–H and O–H groups in total. The van der Waals surface area contributed by atoms with Gasteiger partial charge in [0.05, 0.1) is 12.6 Å². The Labute approximate surface area is 146 Å². The fourth-order valence-corrected chi connectivity index (χ4v) is 2.29. The predicted octanol–water partition coefficient (Wildman–Crippen LogP) is 2.19. The van der Waals surface area contributed by atoms with Gasteiger partial charge >= 0.3 is 0 Å². The van der Waals surface area contributed by atoms with E-state index in [4.69, 9.17) is 15.2 Å². The van der Waals surface area contributed by atoms with Crippen LogP contribution in [0.4, 0.5) is 0 Å². The summed E-state index contributed by atoms with van der Waals surface area (Å²) in [5.74, 6) is -0.124. The second-order valence-electron chi connectivity index (χ2n) is 5.65. The molecule has 2 aromatic carbocycles. The second kappa shape index (κ2) is 8.84. The third kappa shape index (κ3) is 5.61. The maximum atomic E-state index is 12.3. The van der Waals surface area contributed by atoms with Crippen LogP contribution in [0.5, 0.6) is 5.75 Å². The highest BCUT2D eigenvalue weighted by Crippen LogP contribution is 2.18. The standard InChI is InChI=1S/C19H22N2O4/c1-13(15-7-9-17(10-8-15)25-12-18(20)22)21-19(23)16-5-3-14(4-6-16)11-24-2/h3-10,13H,11-12H2,1-2H3,(H2,20,22)(H,21,23)/t13-/m1/s1. The molecule has 0 saturated carbocycles. The first-order chi connectivity index (χ1) is 12.0. The fraction of sp³-hybridized carbons (Fsp3) is 0.263. The lowest BCUT2D eigenvalue weighted by atomic mass is 10.1. The van der Waals surface area contributed by atoms with E-state index in [2.05, 4.69) is 5.32 Å². The number of rotatable bonds is 8. The van der Waals surface area contributed by atoms with E-state index in [-0.39, 0.29) is 18.6 Å². The Morgan fingerprint density at radius 1 is 1.08 bits per heavy atom. The van der Waals surface area contributed by atoms with Crippen LogP contribution in [-0.4, -0.2) is 25.5 Å². The van der Waals surface area contributed by atoms with Crippen molar-refractivity contribution < 1.29 is 19.1 Å². The van der Waals surface area contributed by atoms with E-state index >= 15 is 0 Å². The summed E-state index contributed by atoms with van der Waals surface area (Å²) in [5.41, 5.74) is 7.57. The molecule has 0 aliphatic heterocycles. The molecular formula is C19H22N2O4. The number of methoxy groups -OCH3 is 1. The summed E-state index contributed by atoms with van der Waals surface area (Å²) < 4.78 is 10.3. The Kier molecular flexibility index (Phi) is 6.54. The zero-order valence-corrected chi connectivity index (χ0v) is 14.3. The number of amides is 2. The highest BCUT2D eigenvalue weighted by molar-refractivity contribution is 5.94. The molecule has 0 heterocycles. The summed E-state index contributed by atoms with van der Waals surface area (Å²) in [6.45, 7) is 2.25. The van der Waals surface area contributed by atoms with Crippen LogP contribution in [0.15, 0.2) is 48.5 Å². The molecule has 0 aliphatic carbocycles. The van der Waals surface area contributed by atoms with Crippen LogP contribution >= 0.6 is 0 Å². The van der Waals surface area contributed by atoms with E-state index in [0.29, 0.717) is 17.9 Å². The Balaban J connectivity index is 1.94. The van der Waals surface area contributed by atoms with E-state index < -0.39 is 5.91 Å². The lowest BCUT2D eigenvalue weighted by Gasteiger charge is -2.15. The van der Waals surface area contributed by atoms with E-state index in [1.54, 1.807) is 31.4 Å². The third-order valence-corrected chi connectivity index (χ3v) is 3.64. The molecule has 2 rings (SSSR count). The summed E-state index contributed by atoms with van der Waals surface area (Å²) in [5, 5.41) is 2.95. The maximum absolute atomic E-state index is 12.3. The lowest BCUT2D eigenvalue weighted by molar-refractivity contribution is -0.119. The fourth-order valence-electron chi connectivity index (χ4n) is 2.29. The van der Waals surface area contributed by atoms with Crippen molar-refractivity contribution in [3.05, 3.63) is 65.2 Å². The SMILES string of the molecule is COCc1ccc(C(=O)N[C@H](C)c2ccc(OCC(N)=O)cc2)cc1. The van der Waals surface area contributed by atoms with Crippen LogP contribution in [-0.2, 0) is 16.1 Å². The highest BCUT2D eigenvalue weighted by Gasteiger charge is 2.11. The van der Waals surface area contributed by atoms with E-state index in [1.165, 1.54) is 0 Å². The summed E-state index contributed by atoms with van der Waals surface area (Å²) in [7, 11) is 1.63. The molecule has 0 bridgehead atoms. The van der Waals surface area contributed by atoms with Gasteiger partial charge < -0.3 is 20.5 Å². The number of hydrogen-bond acceptors (Lipinski definition) is 4. The number of carbonyl (C=O) groups excluding carboxylic acids is 2. The predicted molar refractivity (Wildman–Crippen MR) is 94.2 cm³/mol. The van der Waals surface area contributed by atoms with E-state index in [1.807, 2.05) is 31.2 Å². The summed E-state index contributed by atoms with van der Waals surface area (Å²) in [6.07, 6.45) is 0. The van der Waals surface area contributed by atoms with Gasteiger partial charge in [0, 0.05) is 12.7 Å². The number of nitrogens with two attached hydrogens (primary N) is 1. The van der Waals surface area contributed by atoms with Gasteiger partial charge in [-0.05, 0) is 42.3 Å². The van der Waals surface area contributed by atoms with Crippen LogP contribution in [0.1, 0.15) is 34.5 Å². The molecule has 0 radical (unpaired) electrons. The summed E-state index contributed by atoms with van der Waals surface area (Å²) in [6, 6.07) is 14.3. The van der Waals surface area contributed by atoms with Crippen molar-refractivity contribution in [3.63, 3.8) is 0 Å². The van der Waals surface area contributed by atoms with Crippen molar-refractivity contribution in [2.45, 2.75) is 19.6 Å². The van der Waals surface area contributed by atoms with Gasteiger partial charge in [-0.15, -0.1) is 0 Å². The second-order valence-corrected chi connectivity index (χ2v) is 5.65. The topological polar surface area (TPSA) is 90.7 Å². The number of ether oxygens (including phenoxy) is 2. The first kappa shape index (κ1) is 18.5. The first-order valence-electron chi connectivity index (χ1n) is 7.89. The van der Waals surface area contributed by atoms with Crippen LogP contribution in [0.2, 0.25) is 0 Å². The molecule has 2 amide bonds. The summed E-state index contributed by atoms with van der Waals surface area (Å²) in [4.78, 5) is 23.0. The van der Waals surface area contributed by atoms with E-state index in [9.17, 15) is 9.59 Å². The van der Waals surface area contributed by atoms with Crippen molar-refractivity contribution in [2.24, 2.45) is 5.73 Å². The molecule has 6 heteroatoms. The van der Waals surface area contributed by atoms with Crippen molar-refractivity contribution in [3.8, 4) is 5.75 Å². The minimum Gasteiger partial charge on any atom is -0.484 e. The van der Waals surface area contributed by atoms with Gasteiger partial charge in [0.15, 0.2) is 6.61 Å². The largest absolute Gasteiger partial charge is 0.484 e. The van der Waals surface area contributed by atoms with Crippen LogP contribution < -0.4 is 15.8 Å². The molecule has 0 fully saturated rings. The van der Waals surface area contributed by atoms with Crippen molar-refractivity contribution in [1.82, 2.24) is 5.32 Å². The number of nitrogens with one attached hydrogen (secondary N) is 1. The third-order valence-electron chi connectivity index (χ3n) is 3.64. The van der Waals surface area contributed by atoms with Crippen LogP contribution in [0.3, 0.4) is 0 Å². The number of primary amides is 1.